The maximum atomic E-state index is 12.5. The minimum absolute atomic E-state index is 0.561. The van der Waals surface area contributed by atoms with Crippen LogP contribution in [0, 0.1) is 6.92 Å². The van der Waals surface area contributed by atoms with Crippen LogP contribution in [0.1, 0.15) is 11.1 Å². The van der Waals surface area contributed by atoms with Crippen molar-refractivity contribution in [2.24, 2.45) is 0 Å². The number of rotatable bonds is 5. The Morgan fingerprint density at radius 2 is 1.95 bits per heavy atom. The second-order valence-electron chi connectivity index (χ2n) is 4.31. The molecule has 5 heteroatoms. The summed E-state index contributed by atoms with van der Waals surface area (Å²) in [7, 11) is 0. The van der Waals surface area contributed by atoms with Gasteiger partial charge in [0.1, 0.15) is 0 Å². The van der Waals surface area contributed by atoms with Gasteiger partial charge in [-0.3, -0.25) is 0 Å². The zero-order chi connectivity index (χ0) is 14.5. The molecule has 0 bridgehead atoms. The maximum Gasteiger partial charge on any atom is 0.288 e. The quantitative estimate of drug-likeness (QED) is 0.690. The summed E-state index contributed by atoms with van der Waals surface area (Å²) in [5.41, 5.74) is 3.00. The van der Waals surface area contributed by atoms with Crippen molar-refractivity contribution < 1.29 is 8.78 Å². The summed E-state index contributed by atoms with van der Waals surface area (Å²) in [5, 5.41) is 3.21. The Labute approximate surface area is 129 Å². The van der Waals surface area contributed by atoms with E-state index < -0.39 is 5.76 Å². The molecule has 0 fully saturated rings. The van der Waals surface area contributed by atoms with E-state index in [1.165, 1.54) is 5.56 Å². The molecule has 1 N–H and O–H groups in total. The van der Waals surface area contributed by atoms with Gasteiger partial charge < -0.3 is 5.32 Å². The van der Waals surface area contributed by atoms with E-state index in [1.54, 1.807) is 12.1 Å². The van der Waals surface area contributed by atoms with Crippen molar-refractivity contribution in [1.29, 1.82) is 0 Å². The van der Waals surface area contributed by atoms with Gasteiger partial charge in [-0.1, -0.05) is 52.0 Å². The molecule has 106 valence electrons. The molecule has 0 atom stereocenters. The molecule has 0 aliphatic heterocycles. The Morgan fingerprint density at radius 3 is 2.65 bits per heavy atom. The first-order valence-electron chi connectivity index (χ1n) is 6.09. The van der Waals surface area contributed by atoms with Crippen molar-refractivity contribution in [2.45, 2.75) is 24.1 Å². The Kier molecular flexibility index (Phi) is 5.43. The first kappa shape index (κ1) is 15.3. The number of thioether (sulfide) groups is 1. The lowest BCUT2D eigenvalue weighted by Gasteiger charge is -2.12. The molecule has 0 saturated carbocycles. The number of benzene rings is 2. The first-order chi connectivity index (χ1) is 9.56. The third kappa shape index (κ3) is 4.21. The van der Waals surface area contributed by atoms with Crippen LogP contribution in [0.5, 0.6) is 0 Å². The molecule has 0 aliphatic carbocycles. The van der Waals surface area contributed by atoms with Gasteiger partial charge in [-0.15, -0.1) is 0 Å². The van der Waals surface area contributed by atoms with Crippen molar-refractivity contribution in [3.63, 3.8) is 0 Å². The van der Waals surface area contributed by atoms with Gasteiger partial charge in [0, 0.05) is 21.6 Å². The van der Waals surface area contributed by atoms with Crippen LogP contribution in [-0.4, -0.2) is 5.76 Å². The molecule has 0 radical (unpaired) electrons. The monoisotopic (exact) mass is 357 g/mol. The highest BCUT2D eigenvalue weighted by Gasteiger charge is 2.09. The number of nitrogens with one attached hydrogen (secondary N) is 1. The third-order valence-electron chi connectivity index (χ3n) is 2.82. The Morgan fingerprint density at radius 1 is 1.20 bits per heavy atom. The molecule has 0 amide bonds. The second-order valence-corrected chi connectivity index (χ2v) is 6.20. The lowest BCUT2D eigenvalue weighted by molar-refractivity contribution is 0.252. The molecule has 2 aromatic carbocycles. The van der Waals surface area contributed by atoms with Gasteiger partial charge in [0.25, 0.3) is 5.76 Å². The number of hydrogen-bond acceptors (Lipinski definition) is 2. The summed E-state index contributed by atoms with van der Waals surface area (Å²) in [6.07, 6.45) is 0. The molecule has 2 aromatic rings. The number of aryl methyl sites for hydroxylation is 1. The fourth-order valence-electron chi connectivity index (χ4n) is 1.76. The molecule has 2 rings (SSSR count). The first-order valence-corrected chi connectivity index (χ1v) is 7.76. The Balaban J connectivity index is 2.08. The maximum absolute atomic E-state index is 12.5. The van der Waals surface area contributed by atoms with Crippen LogP contribution >= 0.6 is 27.7 Å². The minimum atomic E-state index is -2.41. The Bertz CT molecular complexity index is 590. The van der Waals surface area contributed by atoms with E-state index in [4.69, 9.17) is 0 Å². The molecule has 1 nitrogen and oxygen atoms in total. The van der Waals surface area contributed by atoms with Crippen molar-refractivity contribution in [3.05, 3.63) is 58.1 Å². The predicted molar refractivity (Wildman–Crippen MR) is 84.5 cm³/mol. The highest BCUT2D eigenvalue weighted by Crippen LogP contribution is 2.32. The summed E-state index contributed by atoms with van der Waals surface area (Å²) in [6.45, 7) is 2.62. The van der Waals surface area contributed by atoms with Crippen LogP contribution in [0.3, 0.4) is 0 Å². The summed E-state index contributed by atoms with van der Waals surface area (Å²) < 4.78 is 26.0. The van der Waals surface area contributed by atoms with Gasteiger partial charge in [0.2, 0.25) is 0 Å². The van der Waals surface area contributed by atoms with Crippen molar-refractivity contribution >= 4 is 33.4 Å². The van der Waals surface area contributed by atoms with Gasteiger partial charge in [0.15, 0.2) is 0 Å². The highest BCUT2D eigenvalue weighted by atomic mass is 79.9. The van der Waals surface area contributed by atoms with Crippen molar-refractivity contribution in [3.8, 4) is 0 Å². The lowest BCUT2D eigenvalue weighted by atomic mass is 10.1. The number of alkyl halides is 2. The minimum Gasteiger partial charge on any atom is -0.380 e. The van der Waals surface area contributed by atoms with Crippen LogP contribution in [0.15, 0.2) is 51.8 Å². The Hall–Kier alpha value is -1.07. The number of anilines is 1. The van der Waals surface area contributed by atoms with Crippen molar-refractivity contribution in [1.82, 2.24) is 0 Å². The molecule has 0 aliphatic rings. The lowest BCUT2D eigenvalue weighted by Crippen LogP contribution is -2.01. The van der Waals surface area contributed by atoms with E-state index in [1.807, 2.05) is 37.3 Å². The highest BCUT2D eigenvalue weighted by molar-refractivity contribution is 9.10. The van der Waals surface area contributed by atoms with Gasteiger partial charge in [-0.2, -0.15) is 8.78 Å². The van der Waals surface area contributed by atoms with Crippen LogP contribution in [0.25, 0.3) is 0 Å². The fraction of sp³-hybridized carbons (Fsp3) is 0.200. The molecule has 20 heavy (non-hydrogen) atoms. The van der Waals surface area contributed by atoms with E-state index in [0.29, 0.717) is 23.2 Å². The number of halogens is 3. The van der Waals surface area contributed by atoms with E-state index in [0.717, 1.165) is 15.7 Å². The summed E-state index contributed by atoms with van der Waals surface area (Å²) in [5.74, 6) is -2.41. The number of para-hydroxylation sites is 1. The van der Waals surface area contributed by atoms with Crippen molar-refractivity contribution in [2.75, 3.05) is 5.32 Å². The molecule has 0 heterocycles. The van der Waals surface area contributed by atoms with Crippen LogP contribution in [0.4, 0.5) is 14.5 Å². The SMILES string of the molecule is Cc1ccc(CNc2ccccc2SC(F)F)cc1Br. The molecular formula is C15H14BrF2NS. The molecule has 0 saturated heterocycles. The average molecular weight is 358 g/mol. The third-order valence-corrected chi connectivity index (χ3v) is 4.46. The molecular weight excluding hydrogens is 344 g/mol. The summed E-state index contributed by atoms with van der Waals surface area (Å²) >= 11 is 4.05. The molecule has 0 spiro atoms. The van der Waals surface area contributed by atoms with E-state index in [9.17, 15) is 8.78 Å². The smallest absolute Gasteiger partial charge is 0.288 e. The van der Waals surface area contributed by atoms with Crippen LogP contribution in [-0.2, 0) is 6.54 Å². The van der Waals surface area contributed by atoms with Crippen LogP contribution in [0.2, 0.25) is 0 Å². The van der Waals surface area contributed by atoms with Crippen LogP contribution < -0.4 is 5.32 Å². The normalized spacial score (nSPS) is 10.8. The largest absolute Gasteiger partial charge is 0.380 e. The molecule has 0 unspecified atom stereocenters. The topological polar surface area (TPSA) is 12.0 Å². The van der Waals surface area contributed by atoms with E-state index in [-0.39, 0.29) is 0 Å². The predicted octanol–water partition coefficient (Wildman–Crippen LogP) is 5.68. The van der Waals surface area contributed by atoms with E-state index >= 15 is 0 Å². The molecule has 0 aromatic heterocycles. The standard InChI is InChI=1S/C15H14BrF2NS/c1-10-6-7-11(8-12(10)16)9-19-13-4-2-3-5-14(13)20-15(17)18/h2-8,15,19H,9H2,1H3. The van der Waals surface area contributed by atoms with Gasteiger partial charge >= 0.3 is 0 Å². The average Bonchev–Trinajstić information content (AvgIpc) is 2.41. The number of hydrogen-bond donors (Lipinski definition) is 1. The second kappa shape index (κ2) is 7.09. The van der Waals surface area contributed by atoms with Gasteiger partial charge in [-0.25, -0.2) is 0 Å². The van der Waals surface area contributed by atoms with E-state index in [2.05, 4.69) is 21.2 Å². The zero-order valence-electron chi connectivity index (χ0n) is 10.9. The van der Waals surface area contributed by atoms with Gasteiger partial charge in [0.05, 0.1) is 0 Å². The van der Waals surface area contributed by atoms with Gasteiger partial charge in [-0.05, 0) is 36.2 Å². The summed E-state index contributed by atoms with van der Waals surface area (Å²) in [6, 6.07) is 13.2. The zero-order valence-corrected chi connectivity index (χ0v) is 13.3. The fourth-order valence-corrected chi connectivity index (χ4v) is 2.80. The summed E-state index contributed by atoms with van der Waals surface area (Å²) in [4.78, 5) is 0.564.